The van der Waals surface area contributed by atoms with Crippen molar-refractivity contribution >= 4 is 41.5 Å². The standard InChI is InChI=1S/C26H31N3O2S/c1-19-6-9-22(10-7-19)26(29-27-3)31-18-32-16-4-5-25(30)28-24-14-12-21(13-15-24)23-11-8-20(2)17-23/h6-7,9-15,20H,3-5,8,16-18H2,1-2H3,(H,28,30)/b29-26-. The number of benzene rings is 2. The summed E-state index contributed by atoms with van der Waals surface area (Å²) in [5, 5.41) is 10.6. The van der Waals surface area contributed by atoms with Gasteiger partial charge in [-0.05, 0) is 73.3 Å². The summed E-state index contributed by atoms with van der Waals surface area (Å²) in [6, 6.07) is 16.1. The zero-order valence-corrected chi connectivity index (χ0v) is 19.7. The van der Waals surface area contributed by atoms with Gasteiger partial charge in [0, 0.05) is 24.4 Å². The van der Waals surface area contributed by atoms with Crippen molar-refractivity contribution in [1.82, 2.24) is 0 Å². The van der Waals surface area contributed by atoms with Crippen molar-refractivity contribution in [3.63, 3.8) is 0 Å². The average Bonchev–Trinajstić information content (AvgIpc) is 3.23. The number of hydrogen-bond acceptors (Lipinski definition) is 5. The molecule has 32 heavy (non-hydrogen) atoms. The van der Waals surface area contributed by atoms with Gasteiger partial charge >= 0.3 is 0 Å². The first kappa shape index (κ1) is 23.8. The number of carbonyl (C=O) groups excluding carboxylic acids is 1. The third-order valence-corrected chi connectivity index (χ3v) is 6.17. The molecule has 2 aromatic carbocycles. The molecule has 0 aliphatic heterocycles. The van der Waals surface area contributed by atoms with Crippen LogP contribution in [-0.2, 0) is 9.53 Å². The number of aryl methyl sites for hydroxylation is 1. The third-order valence-electron chi connectivity index (χ3n) is 5.31. The zero-order valence-electron chi connectivity index (χ0n) is 18.8. The first-order chi connectivity index (χ1) is 15.5. The first-order valence-corrected chi connectivity index (χ1v) is 12.1. The molecule has 0 saturated heterocycles. The monoisotopic (exact) mass is 449 g/mol. The average molecular weight is 450 g/mol. The second-order valence-corrected chi connectivity index (χ2v) is 9.14. The van der Waals surface area contributed by atoms with Crippen molar-refractivity contribution in [2.75, 3.05) is 17.0 Å². The van der Waals surface area contributed by atoms with E-state index in [4.69, 9.17) is 4.74 Å². The predicted molar refractivity (Wildman–Crippen MR) is 136 cm³/mol. The topological polar surface area (TPSA) is 63.1 Å². The van der Waals surface area contributed by atoms with Crippen LogP contribution in [0.15, 0.2) is 64.8 Å². The Balaban J connectivity index is 1.34. The van der Waals surface area contributed by atoms with E-state index in [2.05, 4.69) is 47.4 Å². The van der Waals surface area contributed by atoms with Crippen molar-refractivity contribution in [2.24, 2.45) is 16.1 Å². The lowest BCUT2D eigenvalue weighted by molar-refractivity contribution is -0.116. The smallest absolute Gasteiger partial charge is 0.241 e. The van der Waals surface area contributed by atoms with Crippen LogP contribution < -0.4 is 5.32 Å². The van der Waals surface area contributed by atoms with Crippen LogP contribution in [0.25, 0.3) is 5.57 Å². The van der Waals surface area contributed by atoms with Gasteiger partial charge in [0.15, 0.2) is 0 Å². The lowest BCUT2D eigenvalue weighted by atomic mass is 10.0. The number of nitrogens with one attached hydrogen (secondary N) is 1. The fourth-order valence-corrected chi connectivity index (χ4v) is 4.20. The van der Waals surface area contributed by atoms with Gasteiger partial charge < -0.3 is 10.1 Å². The molecule has 1 N–H and O–H groups in total. The minimum atomic E-state index is 0.0331. The summed E-state index contributed by atoms with van der Waals surface area (Å²) in [5.74, 6) is 2.48. The molecule has 1 amide bonds. The molecule has 0 spiro atoms. The van der Waals surface area contributed by atoms with Crippen LogP contribution in [0.4, 0.5) is 5.69 Å². The molecule has 6 heteroatoms. The Hall–Kier alpha value is -2.86. The third kappa shape index (κ3) is 7.38. The van der Waals surface area contributed by atoms with Crippen molar-refractivity contribution in [3.8, 4) is 0 Å². The van der Waals surface area contributed by atoms with Crippen LogP contribution in [-0.4, -0.2) is 30.2 Å². The molecule has 5 nitrogen and oxygen atoms in total. The van der Waals surface area contributed by atoms with Crippen molar-refractivity contribution in [1.29, 1.82) is 0 Å². The molecule has 1 aliphatic carbocycles. The number of anilines is 1. The summed E-state index contributed by atoms with van der Waals surface area (Å²) in [6.07, 6.45) is 5.87. The number of thioether (sulfide) groups is 1. The van der Waals surface area contributed by atoms with Gasteiger partial charge in [-0.3, -0.25) is 4.79 Å². The lowest BCUT2D eigenvalue weighted by Gasteiger charge is -2.09. The van der Waals surface area contributed by atoms with E-state index in [0.29, 0.717) is 18.3 Å². The van der Waals surface area contributed by atoms with Crippen molar-refractivity contribution in [2.45, 2.75) is 39.5 Å². The molecule has 2 aromatic rings. The number of amides is 1. The second kappa shape index (κ2) is 12.2. The summed E-state index contributed by atoms with van der Waals surface area (Å²) in [4.78, 5) is 12.2. The molecule has 3 rings (SSSR count). The maximum atomic E-state index is 12.2. The SMILES string of the molecule is C=N/N=C(\OCSCCCC(=O)Nc1ccc(C2=CCC(C)C2)cc1)c1ccc(C)cc1. The Bertz CT molecular complexity index is 966. The number of carbonyl (C=O) groups is 1. The highest BCUT2D eigenvalue weighted by Gasteiger charge is 2.14. The van der Waals surface area contributed by atoms with Crippen LogP contribution in [0.1, 0.15) is 49.3 Å². The molecule has 0 aromatic heterocycles. The fraction of sp³-hybridized carbons (Fsp3) is 0.346. The van der Waals surface area contributed by atoms with E-state index in [9.17, 15) is 4.79 Å². The minimum Gasteiger partial charge on any atom is -0.465 e. The number of allylic oxidation sites excluding steroid dienone is 2. The molecule has 0 bridgehead atoms. The summed E-state index contributed by atoms with van der Waals surface area (Å²) < 4.78 is 5.75. The van der Waals surface area contributed by atoms with Crippen molar-refractivity contribution < 1.29 is 9.53 Å². The van der Waals surface area contributed by atoms with E-state index in [1.165, 1.54) is 16.7 Å². The van der Waals surface area contributed by atoms with E-state index in [1.54, 1.807) is 11.8 Å². The maximum Gasteiger partial charge on any atom is 0.241 e. The number of hydrogen-bond donors (Lipinski definition) is 1. The fourth-order valence-electron chi connectivity index (χ4n) is 3.53. The Morgan fingerprint density at radius 1 is 1.19 bits per heavy atom. The first-order valence-electron chi connectivity index (χ1n) is 11.0. The maximum absolute atomic E-state index is 12.2. The molecule has 0 heterocycles. The number of rotatable bonds is 10. The summed E-state index contributed by atoms with van der Waals surface area (Å²) in [6.45, 7) is 7.72. The second-order valence-electron chi connectivity index (χ2n) is 8.09. The minimum absolute atomic E-state index is 0.0331. The molecule has 1 aliphatic rings. The van der Waals surface area contributed by atoms with Gasteiger partial charge in [-0.15, -0.1) is 16.9 Å². The Kier molecular flexibility index (Phi) is 9.11. The van der Waals surface area contributed by atoms with Crippen LogP contribution in [0.2, 0.25) is 0 Å². The molecule has 0 radical (unpaired) electrons. The zero-order chi connectivity index (χ0) is 22.8. The van der Waals surface area contributed by atoms with Gasteiger partial charge in [0.25, 0.3) is 0 Å². The van der Waals surface area contributed by atoms with E-state index in [0.717, 1.165) is 42.2 Å². The molecular formula is C26H31N3O2S. The Morgan fingerprint density at radius 3 is 2.59 bits per heavy atom. The number of nitrogens with zero attached hydrogens (tertiary/aromatic N) is 2. The molecule has 0 fully saturated rings. The Morgan fingerprint density at radius 2 is 1.94 bits per heavy atom. The van der Waals surface area contributed by atoms with Gasteiger partial charge in [0.1, 0.15) is 5.94 Å². The van der Waals surface area contributed by atoms with Gasteiger partial charge in [-0.2, -0.15) is 5.10 Å². The summed E-state index contributed by atoms with van der Waals surface area (Å²) >= 11 is 1.62. The van der Waals surface area contributed by atoms with Crippen LogP contribution in [0.3, 0.4) is 0 Å². The molecule has 1 unspecified atom stereocenters. The van der Waals surface area contributed by atoms with E-state index in [-0.39, 0.29) is 5.91 Å². The number of ether oxygens (including phenoxy) is 1. The lowest BCUT2D eigenvalue weighted by Crippen LogP contribution is -2.11. The quantitative estimate of drug-likeness (QED) is 0.152. The summed E-state index contributed by atoms with van der Waals surface area (Å²) in [5.41, 5.74) is 5.55. The molecule has 0 saturated carbocycles. The van der Waals surface area contributed by atoms with Crippen molar-refractivity contribution in [3.05, 3.63) is 71.3 Å². The highest BCUT2D eigenvalue weighted by atomic mass is 32.2. The van der Waals surface area contributed by atoms with Gasteiger partial charge in [0.2, 0.25) is 11.8 Å². The highest BCUT2D eigenvalue weighted by molar-refractivity contribution is 7.99. The highest BCUT2D eigenvalue weighted by Crippen LogP contribution is 2.32. The largest absolute Gasteiger partial charge is 0.465 e. The Labute approximate surface area is 195 Å². The summed E-state index contributed by atoms with van der Waals surface area (Å²) in [7, 11) is 0. The molecule has 168 valence electrons. The van der Waals surface area contributed by atoms with Crippen LogP contribution in [0, 0.1) is 12.8 Å². The predicted octanol–water partition coefficient (Wildman–Crippen LogP) is 6.30. The normalized spacial score (nSPS) is 15.9. The van der Waals surface area contributed by atoms with E-state index in [1.807, 2.05) is 43.3 Å². The van der Waals surface area contributed by atoms with Gasteiger partial charge in [0.05, 0.1) is 0 Å². The van der Waals surface area contributed by atoms with Crippen LogP contribution in [0.5, 0.6) is 0 Å². The molecule has 1 atom stereocenters. The van der Waals surface area contributed by atoms with E-state index < -0.39 is 0 Å². The van der Waals surface area contributed by atoms with Gasteiger partial charge in [-0.25, -0.2) is 0 Å². The van der Waals surface area contributed by atoms with Crippen LogP contribution >= 0.6 is 11.8 Å². The van der Waals surface area contributed by atoms with Gasteiger partial charge in [-0.1, -0.05) is 42.8 Å². The molecular weight excluding hydrogens is 418 g/mol. The van der Waals surface area contributed by atoms with E-state index >= 15 is 0 Å².